The van der Waals surface area contributed by atoms with Crippen LogP contribution in [0.4, 0.5) is 114 Å². The van der Waals surface area contributed by atoms with Crippen LogP contribution in [0.15, 0.2) is 97.1 Å². The van der Waals surface area contributed by atoms with Crippen molar-refractivity contribution in [2.75, 3.05) is 13.2 Å². The van der Waals surface area contributed by atoms with Crippen LogP contribution in [-0.2, 0) is 36.5 Å². The van der Waals surface area contributed by atoms with Crippen molar-refractivity contribution in [2.24, 2.45) is 23.7 Å². The van der Waals surface area contributed by atoms with Gasteiger partial charge in [-0.15, -0.1) is 0 Å². The Kier molecular flexibility index (Phi) is 28.7. The van der Waals surface area contributed by atoms with Gasteiger partial charge in [-0.2, -0.15) is 52.7 Å². The van der Waals surface area contributed by atoms with E-state index in [0.717, 1.165) is 71.4 Å². The summed E-state index contributed by atoms with van der Waals surface area (Å²) in [7, 11) is 0. The van der Waals surface area contributed by atoms with Crippen molar-refractivity contribution < 1.29 is 152 Å². The molecule has 0 saturated carbocycles. The quantitative estimate of drug-likeness (QED) is 0.139. The molecule has 13 atom stereocenters. The molecule has 0 aromatic heterocycles. The first-order valence-electron chi connectivity index (χ1n) is 40.1. The first-order chi connectivity index (χ1) is 58.0. The maximum Gasteiger partial charge on any atom is 0.439 e. The average Bonchev–Trinajstić information content (AvgIpc) is 0.793. The van der Waals surface area contributed by atoms with Gasteiger partial charge in [0.1, 0.15) is 128 Å². The Morgan fingerprint density at radius 3 is 1.19 bits per heavy atom. The SMILES string of the molecule is Cc1cc(F)c2c(c1)OC(C)C(C)(F)C2(F)F.Cc1cc(F)c2c(c1)OC(C)C(C)C2.Cc1cc(F)c2c(c1)OC(C)C(C)C2(F)F.Cc1cc(F)c2c(c1)OC(F)(F)C(C)(F)C2.Cc1cc(F)c2c(c1)OC(F)(F)C(C)(F)C2(F)F.Cc1cc(F)c2c(c1)OC(F)(F)C(C)C2C.Cc1cc(F)c2c(c1)OCC(C)(F)C2(F)F.Cc1cc(F)c2c(c1)OCC(C)C2C. The predicted octanol–water partition coefficient (Wildman–Crippen LogP) is 28.3. The summed E-state index contributed by atoms with van der Waals surface area (Å²) < 4.78 is 392. The number of alkyl halides is 18. The Morgan fingerprint density at radius 1 is 0.307 bits per heavy atom. The second-order valence-electron chi connectivity index (χ2n) is 34.5. The largest absolute Gasteiger partial charge is 0.493 e. The van der Waals surface area contributed by atoms with Gasteiger partial charge in [0.25, 0.3) is 11.6 Å². The first-order valence-corrected chi connectivity index (χ1v) is 40.1. The van der Waals surface area contributed by atoms with Crippen molar-refractivity contribution >= 4 is 0 Å². The van der Waals surface area contributed by atoms with Crippen molar-refractivity contribution in [2.45, 2.75) is 253 Å². The third kappa shape index (κ3) is 19.9. The van der Waals surface area contributed by atoms with Gasteiger partial charge in [-0.1, -0.05) is 41.5 Å². The van der Waals surface area contributed by atoms with Crippen LogP contribution in [0.2, 0.25) is 0 Å². The lowest BCUT2D eigenvalue weighted by molar-refractivity contribution is -0.336. The topological polar surface area (TPSA) is 73.8 Å². The molecule has 0 amide bonds. The minimum absolute atomic E-state index is 0.0186. The molecule has 0 radical (unpaired) electrons. The van der Waals surface area contributed by atoms with Crippen LogP contribution in [0.3, 0.4) is 0 Å². The number of halogens is 26. The van der Waals surface area contributed by atoms with Crippen molar-refractivity contribution in [1.29, 1.82) is 0 Å². The monoisotopic (exact) mass is 1830 g/mol. The van der Waals surface area contributed by atoms with E-state index in [1.807, 2.05) is 32.9 Å². The number of ether oxygens (including phenoxy) is 8. The van der Waals surface area contributed by atoms with Gasteiger partial charge in [0.2, 0.25) is 17.0 Å². The summed E-state index contributed by atoms with van der Waals surface area (Å²) in [4.78, 5) is 0. The molecule has 0 aliphatic carbocycles. The molecule has 13 unspecified atom stereocenters. The Morgan fingerprint density at radius 2 is 0.685 bits per heavy atom. The van der Waals surface area contributed by atoms with Crippen LogP contribution in [0.1, 0.15) is 191 Å². The molecule has 0 saturated heterocycles. The minimum atomic E-state index is -4.75. The second kappa shape index (κ2) is 36.0. The molecule has 0 spiro atoms. The summed E-state index contributed by atoms with van der Waals surface area (Å²) >= 11 is 0. The Labute approximate surface area is 717 Å². The number of hydrogen-bond donors (Lipinski definition) is 0. The molecule has 8 aromatic carbocycles. The number of hydrogen-bond acceptors (Lipinski definition) is 8. The Hall–Kier alpha value is -9.66. The van der Waals surface area contributed by atoms with E-state index in [1.54, 1.807) is 60.6 Å². The van der Waals surface area contributed by atoms with Gasteiger partial charge in [0.15, 0.2) is 0 Å². The van der Waals surface area contributed by atoms with E-state index in [-0.39, 0.29) is 76.0 Å². The van der Waals surface area contributed by atoms with Crippen LogP contribution in [0.25, 0.3) is 0 Å². The fourth-order valence-corrected chi connectivity index (χ4v) is 14.8. The molecule has 127 heavy (non-hydrogen) atoms. The normalized spacial score (nSPS) is 27.4. The number of fused-ring (bicyclic) bond motifs is 8. The molecule has 8 nitrogen and oxygen atoms in total. The number of rotatable bonds is 0. The lowest BCUT2D eigenvalue weighted by atomic mass is 9.84. The predicted molar refractivity (Wildman–Crippen MR) is 422 cm³/mol. The van der Waals surface area contributed by atoms with E-state index >= 15 is 0 Å². The fraction of sp³-hybridized carbons (Fsp3) is 0.484. The summed E-state index contributed by atoms with van der Waals surface area (Å²) in [6.07, 6.45) is -13.6. The molecule has 16 rings (SSSR count). The molecule has 8 aliphatic rings. The van der Waals surface area contributed by atoms with Crippen molar-refractivity contribution in [3.8, 4) is 46.0 Å². The highest BCUT2D eigenvalue weighted by molar-refractivity contribution is 5.51. The molecular weight excluding hydrogens is 1740 g/mol. The molecule has 698 valence electrons. The lowest BCUT2D eigenvalue weighted by Gasteiger charge is -2.41. The Bertz CT molecular complexity index is 5390. The van der Waals surface area contributed by atoms with Gasteiger partial charge in [-0.3, -0.25) is 0 Å². The maximum atomic E-state index is 14.0. The summed E-state index contributed by atoms with van der Waals surface area (Å²) in [5.41, 5.74) is -11.1. The van der Waals surface area contributed by atoms with Crippen LogP contribution in [0.5, 0.6) is 46.0 Å². The third-order valence-electron chi connectivity index (χ3n) is 23.7. The highest BCUT2D eigenvalue weighted by Crippen LogP contribution is 2.59. The van der Waals surface area contributed by atoms with Crippen molar-refractivity contribution in [3.05, 3.63) is 233 Å². The van der Waals surface area contributed by atoms with Crippen LogP contribution in [-0.4, -0.2) is 72.5 Å². The molecule has 34 heteroatoms. The molecule has 8 aliphatic heterocycles. The fourth-order valence-electron chi connectivity index (χ4n) is 14.8. The lowest BCUT2D eigenvalue weighted by Crippen LogP contribution is -2.59. The smallest absolute Gasteiger partial charge is 0.439 e. The average molecular weight is 1840 g/mol. The number of aryl methyl sites for hydroxylation is 8. The molecule has 8 aromatic rings. The van der Waals surface area contributed by atoms with E-state index in [9.17, 15) is 114 Å². The zero-order valence-electron chi connectivity index (χ0n) is 72.9. The van der Waals surface area contributed by atoms with Crippen LogP contribution < -0.4 is 37.9 Å². The van der Waals surface area contributed by atoms with Gasteiger partial charge in [-0.25, -0.2) is 61.5 Å². The summed E-state index contributed by atoms with van der Waals surface area (Å²) in [5.74, 6) is -23.8. The van der Waals surface area contributed by atoms with Gasteiger partial charge in [0, 0.05) is 28.7 Å². The van der Waals surface area contributed by atoms with Gasteiger partial charge < -0.3 is 37.9 Å². The second-order valence-corrected chi connectivity index (χ2v) is 34.5. The minimum Gasteiger partial charge on any atom is -0.493 e. The summed E-state index contributed by atoms with van der Waals surface area (Å²) in [5, 5.41) is 0. The highest BCUT2D eigenvalue weighted by Gasteiger charge is 2.74. The first kappa shape index (κ1) is 101. The Balaban J connectivity index is 0.000000164. The van der Waals surface area contributed by atoms with Gasteiger partial charge in [0.05, 0.1) is 30.1 Å². The number of benzene rings is 8. The van der Waals surface area contributed by atoms with E-state index in [2.05, 4.69) is 35.0 Å². The molecule has 8 heterocycles. The van der Waals surface area contributed by atoms with E-state index < -0.39 is 171 Å². The zero-order chi connectivity index (χ0) is 96.0. The van der Waals surface area contributed by atoms with Crippen LogP contribution in [0, 0.1) is 126 Å². The van der Waals surface area contributed by atoms with Crippen molar-refractivity contribution in [1.82, 2.24) is 0 Å². The summed E-state index contributed by atoms with van der Waals surface area (Å²) in [6, 6.07) is 20.8. The van der Waals surface area contributed by atoms with Gasteiger partial charge in [-0.05, 0) is 276 Å². The molecule has 0 fully saturated rings. The summed E-state index contributed by atoms with van der Waals surface area (Å²) in [6.45, 7) is 30.4. The zero-order valence-corrected chi connectivity index (χ0v) is 72.9. The van der Waals surface area contributed by atoms with Crippen LogP contribution >= 0.6 is 0 Å². The standard InChI is InChI=1S/C12H12F4O.2C12H13F3O.2C12H15FO.C11H8F6O.2C11H10F4O/c1-6-4-8(13)10-9(5-6)17-7(2)11(3,14)12(10,15)16;1-6-4-9(13)11-10(5-6)16-8(3)7(2)12(11,14)15;1-6-4-9(13)11-7(2)8(3)12(14,15)16-10(11)5-6;1-7-4-11(13)10-6-8(2)9(3)14-12(10)5-7;1-7-4-10(13)12-9(3)8(2)6-14-11(12)5-7;1-5-3-6(12)8-7(4-5)18-11(16,17)9(2,13)10(8,14)15;1-6-3-8(12)7-5-10(2,13)11(14,15)16-9(7)4-6;1-6-3-7(12)9-8(4-6)16-5-10(2,13)11(9,14)15/h4-5,7H,1-3H3;2*4-5,7-8H,1-3H3;2*4-5,8-9H,6H2,1-3H3;3-4H,1-2H3;2*3-4H,5H2,1-2H3. The van der Waals surface area contributed by atoms with Crippen molar-refractivity contribution in [3.63, 3.8) is 0 Å². The van der Waals surface area contributed by atoms with E-state index in [1.165, 1.54) is 70.2 Å². The maximum absolute atomic E-state index is 14.0. The van der Waals surface area contributed by atoms with Gasteiger partial charge >= 0.3 is 36.1 Å². The van der Waals surface area contributed by atoms with E-state index in [4.69, 9.17) is 23.7 Å². The molecule has 0 N–H and O–H groups in total. The molecular formula is C93H96F26O8. The highest BCUT2D eigenvalue weighted by atomic mass is 19.3. The molecule has 0 bridgehead atoms. The van der Waals surface area contributed by atoms with E-state index in [0.29, 0.717) is 66.2 Å². The third-order valence-corrected chi connectivity index (χ3v) is 23.7.